The molecule has 0 aliphatic rings. The first-order valence-electron chi connectivity index (χ1n) is 8.77. The van der Waals surface area contributed by atoms with Gasteiger partial charge >= 0.3 is 25.7 Å². The molecule has 0 aliphatic carbocycles. The van der Waals surface area contributed by atoms with Crippen LogP contribution in [0.4, 0.5) is 0 Å². The van der Waals surface area contributed by atoms with Crippen LogP contribution in [0.3, 0.4) is 0 Å². The minimum absolute atomic E-state index is 0.210. The van der Waals surface area contributed by atoms with Crippen LogP contribution in [0, 0.1) is 5.92 Å². The maximum absolute atomic E-state index is 5.87. The normalized spacial score (nSPS) is 18.7. The standard InChI is InChI=1S/C16H40O6Si3/c1-13(23(10,17-4)18-5)16(14(2)24(11,19-6)20-7)15(3)25(12,21-8)22-9/h13-16H,1-12H3. The van der Waals surface area contributed by atoms with E-state index in [0.717, 1.165) is 0 Å². The summed E-state index contributed by atoms with van der Waals surface area (Å²) in [5.41, 5.74) is 0.630. The fourth-order valence-corrected chi connectivity index (χ4v) is 10.9. The van der Waals surface area contributed by atoms with E-state index >= 15 is 0 Å². The molecule has 0 saturated heterocycles. The molecule has 0 fully saturated rings. The van der Waals surface area contributed by atoms with E-state index in [9.17, 15) is 0 Å². The fraction of sp³-hybridized carbons (Fsp3) is 1.00. The summed E-state index contributed by atoms with van der Waals surface area (Å²) in [6.45, 7) is 13.0. The Labute approximate surface area is 158 Å². The van der Waals surface area contributed by atoms with Gasteiger partial charge in [0.1, 0.15) is 0 Å². The second-order valence-electron chi connectivity index (χ2n) is 7.22. The Hall–Kier alpha value is 0.411. The lowest BCUT2D eigenvalue weighted by Gasteiger charge is -2.47. The SMILES string of the molecule is CO[Si](C)(OC)C(C)C(C(C)[Si](C)(OC)OC)C(C)[Si](C)(OC)OC. The first-order chi connectivity index (χ1) is 11.5. The fourth-order valence-electron chi connectivity index (χ4n) is 3.71. The summed E-state index contributed by atoms with van der Waals surface area (Å²) < 4.78 is 35.2. The van der Waals surface area contributed by atoms with Crippen LogP contribution >= 0.6 is 0 Å². The molecule has 0 aliphatic heterocycles. The molecular weight excluding hydrogens is 372 g/mol. The van der Waals surface area contributed by atoms with Crippen LogP contribution in [0.25, 0.3) is 0 Å². The highest BCUT2D eigenvalue weighted by atomic mass is 28.4. The molecule has 152 valence electrons. The van der Waals surface area contributed by atoms with Gasteiger partial charge in [-0.2, -0.15) is 0 Å². The third-order valence-electron chi connectivity index (χ3n) is 6.65. The van der Waals surface area contributed by atoms with Gasteiger partial charge in [-0.1, -0.05) is 20.8 Å². The van der Waals surface area contributed by atoms with Crippen molar-refractivity contribution in [2.75, 3.05) is 42.7 Å². The van der Waals surface area contributed by atoms with Gasteiger partial charge in [0.25, 0.3) is 0 Å². The Bertz CT molecular complexity index is 329. The van der Waals surface area contributed by atoms with Crippen molar-refractivity contribution in [3.8, 4) is 0 Å². The molecule has 0 N–H and O–H groups in total. The summed E-state index contributed by atoms with van der Waals surface area (Å²) in [5, 5.41) is 0. The highest BCUT2D eigenvalue weighted by molar-refractivity contribution is 6.71. The second-order valence-corrected chi connectivity index (χ2v) is 18.5. The van der Waals surface area contributed by atoms with E-state index in [2.05, 4.69) is 40.4 Å². The predicted molar refractivity (Wildman–Crippen MR) is 109 cm³/mol. The Kier molecular flexibility index (Phi) is 10.3. The van der Waals surface area contributed by atoms with Crippen LogP contribution in [0.1, 0.15) is 20.8 Å². The van der Waals surface area contributed by atoms with Crippen molar-refractivity contribution in [3.05, 3.63) is 0 Å². The Morgan fingerprint density at radius 3 is 0.720 bits per heavy atom. The molecule has 25 heavy (non-hydrogen) atoms. The first kappa shape index (κ1) is 25.4. The van der Waals surface area contributed by atoms with Crippen LogP contribution in [0.15, 0.2) is 0 Å². The van der Waals surface area contributed by atoms with Gasteiger partial charge in [-0.15, -0.1) is 0 Å². The van der Waals surface area contributed by atoms with Crippen LogP contribution in [-0.4, -0.2) is 68.3 Å². The molecule has 0 bridgehead atoms. The molecule has 0 aromatic rings. The second kappa shape index (κ2) is 10.1. The van der Waals surface area contributed by atoms with Crippen molar-refractivity contribution in [1.29, 1.82) is 0 Å². The maximum atomic E-state index is 5.87. The van der Waals surface area contributed by atoms with Crippen LogP contribution in [0.2, 0.25) is 36.3 Å². The maximum Gasteiger partial charge on any atom is 0.337 e. The lowest BCUT2D eigenvalue weighted by Crippen LogP contribution is -2.54. The van der Waals surface area contributed by atoms with Gasteiger partial charge in [-0.3, -0.25) is 0 Å². The van der Waals surface area contributed by atoms with Gasteiger partial charge in [0.05, 0.1) is 0 Å². The molecule has 3 unspecified atom stereocenters. The van der Waals surface area contributed by atoms with E-state index in [-0.39, 0.29) is 22.5 Å². The Morgan fingerprint density at radius 1 is 0.440 bits per heavy atom. The minimum atomic E-state index is -2.38. The molecule has 0 rings (SSSR count). The molecule has 0 aromatic carbocycles. The van der Waals surface area contributed by atoms with E-state index in [0.29, 0.717) is 0 Å². The monoisotopic (exact) mass is 412 g/mol. The molecule has 0 amide bonds. The lowest BCUT2D eigenvalue weighted by atomic mass is 9.98. The van der Waals surface area contributed by atoms with Gasteiger partial charge in [0.15, 0.2) is 0 Å². The molecule has 3 atom stereocenters. The molecular formula is C16H40O6Si3. The summed E-state index contributed by atoms with van der Waals surface area (Å²) in [4.78, 5) is 0. The largest absolute Gasteiger partial charge is 0.398 e. The number of hydrogen-bond acceptors (Lipinski definition) is 6. The highest BCUT2D eigenvalue weighted by Gasteiger charge is 2.55. The molecule has 0 aromatic heterocycles. The quantitative estimate of drug-likeness (QED) is 0.454. The topological polar surface area (TPSA) is 55.4 Å². The first-order valence-corrected chi connectivity index (χ1v) is 16.0. The van der Waals surface area contributed by atoms with Crippen LogP contribution < -0.4 is 0 Å². The van der Waals surface area contributed by atoms with Gasteiger partial charge < -0.3 is 26.6 Å². The summed E-state index contributed by atoms with van der Waals surface area (Å²) in [6.07, 6.45) is 0. The van der Waals surface area contributed by atoms with Crippen molar-refractivity contribution in [3.63, 3.8) is 0 Å². The molecule has 0 radical (unpaired) electrons. The zero-order valence-electron chi connectivity index (χ0n) is 18.3. The summed E-state index contributed by atoms with van der Waals surface area (Å²) >= 11 is 0. The van der Waals surface area contributed by atoms with E-state index in [4.69, 9.17) is 26.6 Å². The van der Waals surface area contributed by atoms with E-state index in [1.54, 1.807) is 42.7 Å². The summed E-state index contributed by atoms with van der Waals surface area (Å²) in [5.74, 6) is 0.227. The van der Waals surface area contributed by atoms with Gasteiger partial charge in [0, 0.05) is 59.3 Å². The zero-order chi connectivity index (χ0) is 20.1. The van der Waals surface area contributed by atoms with Gasteiger partial charge in [-0.05, 0) is 25.6 Å². The van der Waals surface area contributed by atoms with E-state index < -0.39 is 25.7 Å². The predicted octanol–water partition coefficient (Wildman–Crippen LogP) is 3.87. The lowest BCUT2D eigenvalue weighted by molar-refractivity contribution is 0.179. The molecule has 0 saturated carbocycles. The Balaban J connectivity index is 6.15. The highest BCUT2D eigenvalue weighted by Crippen LogP contribution is 2.51. The molecule has 0 heterocycles. The van der Waals surface area contributed by atoms with Crippen molar-refractivity contribution in [2.24, 2.45) is 5.92 Å². The smallest absolute Gasteiger partial charge is 0.337 e. The van der Waals surface area contributed by atoms with Crippen LogP contribution in [-0.2, 0) is 26.6 Å². The zero-order valence-corrected chi connectivity index (χ0v) is 21.3. The summed E-state index contributed by atoms with van der Waals surface area (Å²) in [7, 11) is 3.32. The van der Waals surface area contributed by atoms with Crippen LogP contribution in [0.5, 0.6) is 0 Å². The number of hydrogen-bond donors (Lipinski definition) is 0. The van der Waals surface area contributed by atoms with Crippen molar-refractivity contribution in [1.82, 2.24) is 0 Å². The molecule has 0 spiro atoms. The van der Waals surface area contributed by atoms with E-state index in [1.165, 1.54) is 0 Å². The molecule has 9 heteroatoms. The van der Waals surface area contributed by atoms with Crippen molar-refractivity contribution in [2.45, 2.75) is 57.0 Å². The van der Waals surface area contributed by atoms with Crippen molar-refractivity contribution >= 4 is 25.7 Å². The summed E-state index contributed by atoms with van der Waals surface area (Å²) in [6, 6.07) is 0. The van der Waals surface area contributed by atoms with Crippen molar-refractivity contribution < 1.29 is 26.6 Å². The average molecular weight is 413 g/mol. The minimum Gasteiger partial charge on any atom is -0.398 e. The number of rotatable bonds is 12. The molecule has 6 nitrogen and oxygen atoms in total. The van der Waals surface area contributed by atoms with E-state index in [1.807, 2.05) is 0 Å². The average Bonchev–Trinajstić information content (AvgIpc) is 2.65. The Morgan fingerprint density at radius 2 is 0.600 bits per heavy atom. The van der Waals surface area contributed by atoms with Gasteiger partial charge in [-0.25, -0.2) is 0 Å². The van der Waals surface area contributed by atoms with Gasteiger partial charge in [0.2, 0.25) is 0 Å². The third kappa shape index (κ3) is 5.23. The third-order valence-corrected chi connectivity index (χ3v) is 17.6.